The van der Waals surface area contributed by atoms with Crippen molar-refractivity contribution in [2.24, 2.45) is 5.92 Å². The van der Waals surface area contributed by atoms with Crippen molar-refractivity contribution < 1.29 is 23.5 Å². The molecule has 0 saturated carbocycles. The maximum Gasteiger partial charge on any atom is 0.410 e. The third-order valence-corrected chi connectivity index (χ3v) is 5.82. The van der Waals surface area contributed by atoms with Crippen LogP contribution in [-0.4, -0.2) is 35.7 Å². The summed E-state index contributed by atoms with van der Waals surface area (Å²) in [5.41, 5.74) is 2.62. The third kappa shape index (κ3) is 4.92. The highest BCUT2D eigenvalue weighted by molar-refractivity contribution is 5.82. The Balaban J connectivity index is 1.44. The van der Waals surface area contributed by atoms with Gasteiger partial charge < -0.3 is 18.8 Å². The molecule has 7 nitrogen and oxygen atoms in total. The first-order valence-corrected chi connectivity index (χ1v) is 10.9. The molecule has 166 valence electrons. The molecule has 1 aromatic carbocycles. The van der Waals surface area contributed by atoms with Crippen LogP contribution >= 0.6 is 0 Å². The summed E-state index contributed by atoms with van der Waals surface area (Å²) in [5.74, 6) is -0.771. The lowest BCUT2D eigenvalue weighted by molar-refractivity contribution is -0.151. The van der Waals surface area contributed by atoms with E-state index in [9.17, 15) is 14.4 Å². The number of fused-ring (bicyclic) bond motifs is 2. The summed E-state index contributed by atoms with van der Waals surface area (Å²) < 4.78 is 16.4. The van der Waals surface area contributed by atoms with Gasteiger partial charge in [-0.25, -0.2) is 9.59 Å². The molecule has 2 heterocycles. The van der Waals surface area contributed by atoms with Crippen LogP contribution in [0.3, 0.4) is 0 Å². The number of nitrogens with zero attached hydrogens (tertiary/aromatic N) is 1. The van der Waals surface area contributed by atoms with Crippen molar-refractivity contribution in [3.8, 4) is 0 Å². The molecule has 0 N–H and O–H groups in total. The molecule has 1 aliphatic carbocycles. The van der Waals surface area contributed by atoms with Crippen LogP contribution in [0.15, 0.2) is 27.4 Å². The van der Waals surface area contributed by atoms with Crippen LogP contribution in [-0.2, 0) is 33.7 Å². The molecular weight excluding hydrogens is 398 g/mol. The summed E-state index contributed by atoms with van der Waals surface area (Å²) in [7, 11) is 0. The monoisotopic (exact) mass is 427 g/mol. The molecule has 1 amide bonds. The molecule has 1 unspecified atom stereocenters. The number of hydrogen-bond acceptors (Lipinski definition) is 6. The van der Waals surface area contributed by atoms with Crippen molar-refractivity contribution in [2.75, 3.05) is 13.1 Å². The molecule has 0 bridgehead atoms. The van der Waals surface area contributed by atoms with Gasteiger partial charge in [0, 0.05) is 30.1 Å². The van der Waals surface area contributed by atoms with E-state index in [-0.39, 0.29) is 19.1 Å². The molecule has 7 heteroatoms. The number of benzene rings is 1. The summed E-state index contributed by atoms with van der Waals surface area (Å²) in [6.45, 7) is 6.29. The number of rotatable bonds is 3. The van der Waals surface area contributed by atoms with Crippen molar-refractivity contribution in [1.82, 2.24) is 4.90 Å². The second kappa shape index (κ2) is 8.36. The molecule has 1 aromatic heterocycles. The van der Waals surface area contributed by atoms with E-state index in [0.29, 0.717) is 30.5 Å². The molecule has 1 atom stereocenters. The van der Waals surface area contributed by atoms with Gasteiger partial charge in [0.1, 0.15) is 17.8 Å². The zero-order valence-corrected chi connectivity index (χ0v) is 18.4. The first-order valence-electron chi connectivity index (χ1n) is 10.9. The summed E-state index contributed by atoms with van der Waals surface area (Å²) in [4.78, 5) is 38.7. The van der Waals surface area contributed by atoms with Gasteiger partial charge in [0.2, 0.25) is 0 Å². The predicted octanol–water partition coefficient (Wildman–Crippen LogP) is 3.97. The summed E-state index contributed by atoms with van der Waals surface area (Å²) in [5, 5.41) is 0.812. The Bertz CT molecular complexity index is 1060. The highest BCUT2D eigenvalue weighted by atomic mass is 16.6. The van der Waals surface area contributed by atoms with Gasteiger partial charge in [0.25, 0.3) is 0 Å². The van der Waals surface area contributed by atoms with Crippen molar-refractivity contribution in [3.63, 3.8) is 0 Å². The SMILES string of the molecule is CC(C)(C)OC(=O)N1CCCC(C(=O)OCc2cc(=O)oc3cc4c(cc23)CCC4)C1. The lowest BCUT2D eigenvalue weighted by atomic mass is 9.98. The minimum atomic E-state index is -0.583. The van der Waals surface area contributed by atoms with Gasteiger partial charge in [-0.3, -0.25) is 4.79 Å². The lowest BCUT2D eigenvalue weighted by Crippen LogP contribution is -2.45. The van der Waals surface area contributed by atoms with Crippen molar-refractivity contribution in [3.05, 3.63) is 45.3 Å². The van der Waals surface area contributed by atoms with Crippen LogP contribution < -0.4 is 5.63 Å². The zero-order valence-electron chi connectivity index (χ0n) is 18.4. The van der Waals surface area contributed by atoms with Crippen LogP contribution in [0.1, 0.15) is 56.7 Å². The number of hydrogen-bond donors (Lipinski definition) is 0. The van der Waals surface area contributed by atoms with E-state index in [1.54, 1.807) is 4.90 Å². The molecule has 1 saturated heterocycles. The van der Waals surface area contributed by atoms with E-state index in [4.69, 9.17) is 13.9 Å². The standard InChI is InChI=1S/C24H29NO6/c1-24(2,3)31-23(28)25-9-5-8-17(13-25)22(27)29-14-18-12-21(26)30-20-11-16-7-4-6-15(16)10-19(18)20/h10-12,17H,4-9,13-14H2,1-3H3. The molecule has 4 rings (SSSR count). The van der Waals surface area contributed by atoms with Gasteiger partial charge in [0.15, 0.2) is 0 Å². The third-order valence-electron chi connectivity index (χ3n) is 5.82. The quantitative estimate of drug-likeness (QED) is 0.544. The molecule has 2 aliphatic rings. The Morgan fingerprint density at radius 2 is 1.87 bits per heavy atom. The van der Waals surface area contributed by atoms with Crippen LogP contribution in [0, 0.1) is 5.92 Å². The fraction of sp³-hybridized carbons (Fsp3) is 0.542. The van der Waals surface area contributed by atoms with Crippen molar-refractivity contribution in [2.45, 2.75) is 65.1 Å². The van der Waals surface area contributed by atoms with Crippen LogP contribution in [0.4, 0.5) is 4.79 Å². The molecule has 1 fully saturated rings. The maximum atomic E-state index is 12.7. The van der Waals surface area contributed by atoms with Gasteiger partial charge in [0.05, 0.1) is 5.92 Å². The molecule has 1 aliphatic heterocycles. The maximum absolute atomic E-state index is 12.7. The molecular formula is C24H29NO6. The van der Waals surface area contributed by atoms with E-state index < -0.39 is 23.2 Å². The fourth-order valence-electron chi connectivity index (χ4n) is 4.34. The lowest BCUT2D eigenvalue weighted by Gasteiger charge is -2.33. The number of amides is 1. The highest BCUT2D eigenvalue weighted by Crippen LogP contribution is 2.29. The number of ether oxygens (including phenoxy) is 2. The van der Waals surface area contributed by atoms with Gasteiger partial charge in [-0.1, -0.05) is 0 Å². The van der Waals surface area contributed by atoms with E-state index in [2.05, 4.69) is 6.07 Å². The molecule has 0 spiro atoms. The van der Waals surface area contributed by atoms with Gasteiger partial charge >= 0.3 is 17.7 Å². The summed E-state index contributed by atoms with van der Waals surface area (Å²) >= 11 is 0. The number of carbonyl (C=O) groups excluding carboxylic acids is 2. The predicted molar refractivity (Wildman–Crippen MR) is 115 cm³/mol. The average molecular weight is 427 g/mol. The second-order valence-corrected chi connectivity index (χ2v) is 9.43. The number of esters is 1. The minimum Gasteiger partial charge on any atom is -0.461 e. The van der Waals surface area contributed by atoms with Gasteiger partial charge in [-0.05, 0) is 76.1 Å². The number of aryl methyl sites for hydroxylation is 2. The number of likely N-dealkylation sites (tertiary alicyclic amines) is 1. The topological polar surface area (TPSA) is 86.0 Å². The molecule has 31 heavy (non-hydrogen) atoms. The Hall–Kier alpha value is -2.83. The molecule has 0 radical (unpaired) electrons. The Labute approximate surface area is 181 Å². The van der Waals surface area contributed by atoms with Crippen LogP contribution in [0.2, 0.25) is 0 Å². The van der Waals surface area contributed by atoms with E-state index in [0.717, 1.165) is 24.6 Å². The zero-order chi connectivity index (χ0) is 22.2. The number of piperidine rings is 1. The van der Waals surface area contributed by atoms with Gasteiger partial charge in [-0.15, -0.1) is 0 Å². The smallest absolute Gasteiger partial charge is 0.410 e. The van der Waals surface area contributed by atoms with Gasteiger partial charge in [-0.2, -0.15) is 0 Å². The first kappa shape index (κ1) is 21.4. The largest absolute Gasteiger partial charge is 0.461 e. The van der Waals surface area contributed by atoms with E-state index in [1.807, 2.05) is 26.8 Å². The summed E-state index contributed by atoms with van der Waals surface area (Å²) in [6.07, 6.45) is 4.05. The summed E-state index contributed by atoms with van der Waals surface area (Å²) in [6, 6.07) is 5.38. The first-order chi connectivity index (χ1) is 14.7. The Morgan fingerprint density at radius 3 is 2.61 bits per heavy atom. The van der Waals surface area contributed by atoms with Crippen molar-refractivity contribution in [1.29, 1.82) is 0 Å². The number of carbonyl (C=O) groups is 2. The van der Waals surface area contributed by atoms with Crippen LogP contribution in [0.5, 0.6) is 0 Å². The fourth-order valence-corrected chi connectivity index (χ4v) is 4.34. The Morgan fingerprint density at radius 1 is 1.13 bits per heavy atom. The normalized spacial score (nSPS) is 18.7. The highest BCUT2D eigenvalue weighted by Gasteiger charge is 2.32. The van der Waals surface area contributed by atoms with E-state index in [1.165, 1.54) is 17.2 Å². The van der Waals surface area contributed by atoms with E-state index >= 15 is 0 Å². The van der Waals surface area contributed by atoms with Crippen molar-refractivity contribution >= 4 is 23.0 Å². The van der Waals surface area contributed by atoms with Crippen LogP contribution in [0.25, 0.3) is 11.0 Å². The molecule has 2 aromatic rings. The second-order valence-electron chi connectivity index (χ2n) is 9.43. The minimum absolute atomic E-state index is 0.00264. The Kier molecular flexibility index (Phi) is 5.77. The average Bonchev–Trinajstić information content (AvgIpc) is 3.16.